The number of hydrogen-bond acceptors (Lipinski definition) is 6. The van der Waals surface area contributed by atoms with E-state index in [0.29, 0.717) is 28.0 Å². The Hall–Kier alpha value is -2.52. The lowest BCUT2D eigenvalue weighted by molar-refractivity contribution is -0.147. The Balaban J connectivity index is 2.10. The number of benzene rings is 2. The summed E-state index contributed by atoms with van der Waals surface area (Å²) in [6.07, 6.45) is 0.718. The predicted molar refractivity (Wildman–Crippen MR) is 127 cm³/mol. The van der Waals surface area contributed by atoms with Crippen LogP contribution in [0.2, 0.25) is 0 Å². The number of fused-ring (bicyclic) bond motifs is 1. The molecule has 162 valence electrons. The highest BCUT2D eigenvalue weighted by atomic mass is 79.9. The standard InChI is InChI=1S/C22H21Br2N3O4/c1-12(2)20-26-18-7-5-16(24)10-17(18)21(28)27(20)25-11-14-9-15(23)6-8-19(14)31-13(3)22(29)30-4/h5-13H,1-4H3/t13-/m0/s1. The van der Waals surface area contributed by atoms with Gasteiger partial charge in [0.05, 0.1) is 24.2 Å². The number of esters is 1. The van der Waals surface area contributed by atoms with Gasteiger partial charge in [0.15, 0.2) is 6.10 Å². The third-order valence-corrected chi connectivity index (χ3v) is 5.46. The molecule has 0 fully saturated rings. The fourth-order valence-electron chi connectivity index (χ4n) is 2.90. The maximum atomic E-state index is 13.2. The van der Waals surface area contributed by atoms with Crippen LogP contribution in [-0.2, 0) is 9.53 Å². The van der Waals surface area contributed by atoms with Crippen LogP contribution in [0.3, 0.4) is 0 Å². The number of carbonyl (C=O) groups excluding carboxylic acids is 1. The van der Waals surface area contributed by atoms with Crippen LogP contribution in [0.25, 0.3) is 10.9 Å². The molecule has 0 saturated heterocycles. The summed E-state index contributed by atoms with van der Waals surface area (Å²) in [6, 6.07) is 10.7. The lowest BCUT2D eigenvalue weighted by Crippen LogP contribution is -2.25. The zero-order valence-electron chi connectivity index (χ0n) is 17.4. The zero-order chi connectivity index (χ0) is 22.7. The summed E-state index contributed by atoms with van der Waals surface area (Å²) in [6.45, 7) is 5.50. The monoisotopic (exact) mass is 549 g/mol. The van der Waals surface area contributed by atoms with Gasteiger partial charge in [-0.2, -0.15) is 9.78 Å². The molecule has 0 N–H and O–H groups in total. The summed E-state index contributed by atoms with van der Waals surface area (Å²) in [5.41, 5.74) is 0.925. The van der Waals surface area contributed by atoms with Crippen LogP contribution >= 0.6 is 31.9 Å². The van der Waals surface area contributed by atoms with Crippen molar-refractivity contribution in [2.24, 2.45) is 5.10 Å². The normalized spacial score (nSPS) is 12.5. The molecule has 0 aliphatic rings. The van der Waals surface area contributed by atoms with Gasteiger partial charge in [0, 0.05) is 20.4 Å². The number of rotatable bonds is 6. The minimum absolute atomic E-state index is 0.0320. The minimum atomic E-state index is -0.799. The molecular weight excluding hydrogens is 530 g/mol. The average molecular weight is 551 g/mol. The van der Waals surface area contributed by atoms with Crippen molar-refractivity contribution in [1.82, 2.24) is 9.66 Å². The van der Waals surface area contributed by atoms with Crippen molar-refractivity contribution in [3.63, 3.8) is 0 Å². The number of nitrogens with zero attached hydrogens (tertiary/aromatic N) is 3. The van der Waals surface area contributed by atoms with Gasteiger partial charge in [-0.3, -0.25) is 4.79 Å². The van der Waals surface area contributed by atoms with E-state index in [-0.39, 0.29) is 11.5 Å². The predicted octanol–water partition coefficient (Wildman–Crippen LogP) is 4.87. The Bertz CT molecular complexity index is 1220. The van der Waals surface area contributed by atoms with Crippen LogP contribution in [0.5, 0.6) is 5.75 Å². The first-order valence-electron chi connectivity index (χ1n) is 9.52. The third kappa shape index (κ3) is 5.22. The van der Waals surface area contributed by atoms with E-state index in [2.05, 4.69) is 41.9 Å². The number of halogens is 2. The van der Waals surface area contributed by atoms with E-state index in [4.69, 9.17) is 9.47 Å². The van der Waals surface area contributed by atoms with Crippen molar-refractivity contribution < 1.29 is 14.3 Å². The Kier molecular flexibility index (Phi) is 7.27. The van der Waals surface area contributed by atoms with Crippen molar-refractivity contribution in [2.45, 2.75) is 32.8 Å². The van der Waals surface area contributed by atoms with E-state index in [1.165, 1.54) is 18.0 Å². The summed E-state index contributed by atoms with van der Waals surface area (Å²) in [7, 11) is 1.30. The zero-order valence-corrected chi connectivity index (χ0v) is 20.6. The van der Waals surface area contributed by atoms with Gasteiger partial charge in [-0.1, -0.05) is 45.7 Å². The second-order valence-electron chi connectivity index (χ2n) is 7.11. The number of methoxy groups -OCH3 is 1. The number of carbonyl (C=O) groups is 1. The van der Waals surface area contributed by atoms with E-state index in [9.17, 15) is 9.59 Å². The van der Waals surface area contributed by atoms with Crippen molar-refractivity contribution in [3.8, 4) is 5.75 Å². The van der Waals surface area contributed by atoms with Gasteiger partial charge >= 0.3 is 5.97 Å². The van der Waals surface area contributed by atoms with Gasteiger partial charge in [-0.25, -0.2) is 9.78 Å². The summed E-state index contributed by atoms with van der Waals surface area (Å²) in [5.74, 6) is 0.445. The number of ether oxygens (including phenoxy) is 2. The topological polar surface area (TPSA) is 82.8 Å². The summed E-state index contributed by atoms with van der Waals surface area (Å²) in [4.78, 5) is 29.6. The SMILES string of the molecule is COC(=O)[C@H](C)Oc1ccc(Br)cc1C=Nn1c(C(C)C)nc2ccc(Br)cc2c1=O. The van der Waals surface area contributed by atoms with Crippen LogP contribution in [0, 0.1) is 0 Å². The molecule has 1 aromatic heterocycles. The first-order chi connectivity index (χ1) is 14.7. The van der Waals surface area contributed by atoms with Gasteiger partial charge in [0.1, 0.15) is 11.6 Å². The molecule has 0 aliphatic carbocycles. The molecule has 0 spiro atoms. The van der Waals surface area contributed by atoms with Crippen LogP contribution in [0.4, 0.5) is 0 Å². The first kappa shape index (κ1) is 23.1. The molecule has 7 nitrogen and oxygen atoms in total. The van der Waals surface area contributed by atoms with Crippen molar-refractivity contribution in [3.05, 3.63) is 67.1 Å². The van der Waals surface area contributed by atoms with Gasteiger partial charge in [-0.15, -0.1) is 0 Å². The molecular formula is C22H21Br2N3O4. The molecule has 0 aliphatic heterocycles. The summed E-state index contributed by atoms with van der Waals surface area (Å²) < 4.78 is 13.3. The molecule has 2 aromatic carbocycles. The van der Waals surface area contributed by atoms with E-state index < -0.39 is 12.1 Å². The highest BCUT2D eigenvalue weighted by molar-refractivity contribution is 9.10. The van der Waals surface area contributed by atoms with E-state index in [1.54, 1.807) is 37.3 Å². The van der Waals surface area contributed by atoms with Gasteiger partial charge in [0.2, 0.25) is 0 Å². The van der Waals surface area contributed by atoms with E-state index >= 15 is 0 Å². The maximum Gasteiger partial charge on any atom is 0.346 e. The number of hydrogen-bond donors (Lipinski definition) is 0. The Morgan fingerprint density at radius 3 is 2.48 bits per heavy atom. The van der Waals surface area contributed by atoms with Gasteiger partial charge in [0.25, 0.3) is 5.56 Å². The van der Waals surface area contributed by atoms with E-state index in [1.807, 2.05) is 19.9 Å². The highest BCUT2D eigenvalue weighted by Crippen LogP contribution is 2.24. The molecule has 31 heavy (non-hydrogen) atoms. The molecule has 0 unspecified atom stereocenters. The second-order valence-corrected chi connectivity index (χ2v) is 8.94. The Labute approximate surface area is 196 Å². The van der Waals surface area contributed by atoms with Crippen LogP contribution in [-0.4, -0.2) is 35.1 Å². The quantitative estimate of drug-likeness (QED) is 0.323. The first-order valence-corrected chi connectivity index (χ1v) is 11.1. The van der Waals surface area contributed by atoms with E-state index in [0.717, 1.165) is 8.95 Å². The van der Waals surface area contributed by atoms with Crippen molar-refractivity contribution in [2.75, 3.05) is 7.11 Å². The number of aromatic nitrogens is 2. The smallest absolute Gasteiger partial charge is 0.346 e. The van der Waals surface area contributed by atoms with Crippen LogP contribution in [0.15, 0.2) is 55.2 Å². The van der Waals surface area contributed by atoms with Crippen molar-refractivity contribution in [1.29, 1.82) is 0 Å². The highest BCUT2D eigenvalue weighted by Gasteiger charge is 2.17. The molecule has 0 amide bonds. The fraction of sp³-hybridized carbons (Fsp3) is 0.273. The third-order valence-electron chi connectivity index (χ3n) is 4.47. The Morgan fingerprint density at radius 2 is 1.81 bits per heavy atom. The second kappa shape index (κ2) is 9.74. The maximum absolute atomic E-state index is 13.2. The van der Waals surface area contributed by atoms with Gasteiger partial charge in [-0.05, 0) is 43.3 Å². The fourth-order valence-corrected chi connectivity index (χ4v) is 3.64. The molecule has 1 atom stereocenters. The average Bonchev–Trinajstić information content (AvgIpc) is 2.74. The van der Waals surface area contributed by atoms with Crippen molar-refractivity contribution >= 4 is 54.9 Å². The molecule has 0 saturated carbocycles. The van der Waals surface area contributed by atoms with Gasteiger partial charge < -0.3 is 9.47 Å². The molecule has 1 heterocycles. The summed E-state index contributed by atoms with van der Waals surface area (Å²) >= 11 is 6.83. The van der Waals surface area contributed by atoms with Crippen LogP contribution in [0.1, 0.15) is 38.1 Å². The molecule has 0 bridgehead atoms. The van der Waals surface area contributed by atoms with Crippen LogP contribution < -0.4 is 10.3 Å². The minimum Gasteiger partial charge on any atom is -0.478 e. The molecule has 0 radical (unpaired) electrons. The lowest BCUT2D eigenvalue weighted by Gasteiger charge is -2.15. The lowest BCUT2D eigenvalue weighted by atomic mass is 10.2. The molecule has 3 rings (SSSR count). The molecule has 9 heteroatoms. The molecule has 3 aromatic rings. The Morgan fingerprint density at radius 1 is 1.13 bits per heavy atom. The summed E-state index contributed by atoms with van der Waals surface area (Å²) in [5, 5.41) is 4.89. The largest absolute Gasteiger partial charge is 0.478 e.